The summed E-state index contributed by atoms with van der Waals surface area (Å²) in [5.41, 5.74) is 0.999. The molecule has 1 aromatic carbocycles. The Morgan fingerprint density at radius 1 is 1.12 bits per heavy atom. The maximum absolute atomic E-state index is 4.42. The number of anilines is 1. The van der Waals surface area contributed by atoms with Crippen LogP contribution in [0.1, 0.15) is 12.8 Å². The maximum atomic E-state index is 4.42. The number of nitrogens with zero attached hydrogens (tertiary/aromatic N) is 3. The lowest BCUT2D eigenvalue weighted by molar-refractivity contribution is 0.939. The molecular weight excluding hydrogens is 266 g/mol. The molecule has 0 spiro atoms. The largest absolute Gasteiger partial charge is 0.356 e. The first-order valence-corrected chi connectivity index (χ1v) is 6.30. The molecule has 1 aliphatic heterocycles. The summed E-state index contributed by atoms with van der Waals surface area (Å²) in [6.07, 6.45) is 4.18. The summed E-state index contributed by atoms with van der Waals surface area (Å²) in [5.74, 6) is 1.07. The van der Waals surface area contributed by atoms with E-state index in [1.807, 2.05) is 12.1 Å². The minimum Gasteiger partial charge on any atom is -0.356 e. The van der Waals surface area contributed by atoms with Gasteiger partial charge in [0.05, 0.1) is 5.52 Å². The molecule has 16 heavy (non-hydrogen) atoms. The number of hydrogen-bond donors (Lipinski definition) is 0. The second-order valence-corrected chi connectivity index (χ2v) is 4.88. The van der Waals surface area contributed by atoms with Crippen LogP contribution in [0.3, 0.4) is 0 Å². The lowest BCUT2D eigenvalue weighted by Gasteiger charge is -2.17. The molecule has 0 radical (unpaired) electrons. The average molecular weight is 278 g/mol. The third-order valence-corrected chi connectivity index (χ3v) is 3.64. The molecule has 0 saturated carbocycles. The molecule has 1 aliphatic rings. The summed E-state index contributed by atoms with van der Waals surface area (Å²) in [4.78, 5) is 11.1. The predicted molar refractivity (Wildman–Crippen MR) is 68.7 cm³/mol. The third kappa shape index (κ3) is 1.57. The Hall–Kier alpha value is -1.16. The van der Waals surface area contributed by atoms with Crippen molar-refractivity contribution in [2.24, 2.45) is 0 Å². The molecule has 1 aromatic heterocycles. The van der Waals surface area contributed by atoms with Crippen LogP contribution in [-0.4, -0.2) is 23.1 Å². The number of aromatic nitrogens is 2. The van der Waals surface area contributed by atoms with Crippen molar-refractivity contribution in [1.82, 2.24) is 9.97 Å². The van der Waals surface area contributed by atoms with Crippen molar-refractivity contribution in [3.8, 4) is 0 Å². The average Bonchev–Trinajstić information content (AvgIpc) is 2.82. The van der Waals surface area contributed by atoms with Crippen LogP contribution in [0.5, 0.6) is 0 Å². The SMILES string of the molecule is Brc1cccc2c(N3CCCC3)ncnc12. The minimum atomic E-state index is 0.999. The van der Waals surface area contributed by atoms with E-state index in [4.69, 9.17) is 0 Å². The highest BCUT2D eigenvalue weighted by molar-refractivity contribution is 9.10. The summed E-state index contributed by atoms with van der Waals surface area (Å²) in [7, 11) is 0. The molecule has 4 heteroatoms. The maximum Gasteiger partial charge on any atom is 0.139 e. The van der Waals surface area contributed by atoms with Crippen LogP contribution in [0.15, 0.2) is 29.0 Å². The first-order chi connectivity index (χ1) is 7.86. The van der Waals surface area contributed by atoms with E-state index < -0.39 is 0 Å². The van der Waals surface area contributed by atoms with Crippen molar-refractivity contribution in [3.05, 3.63) is 29.0 Å². The zero-order chi connectivity index (χ0) is 11.0. The second-order valence-electron chi connectivity index (χ2n) is 4.03. The van der Waals surface area contributed by atoms with Crippen LogP contribution in [0.25, 0.3) is 10.9 Å². The van der Waals surface area contributed by atoms with Crippen molar-refractivity contribution in [3.63, 3.8) is 0 Å². The van der Waals surface area contributed by atoms with E-state index in [2.05, 4.69) is 36.9 Å². The number of halogens is 1. The van der Waals surface area contributed by atoms with Crippen molar-refractivity contribution in [2.45, 2.75) is 12.8 Å². The lowest BCUT2D eigenvalue weighted by Crippen LogP contribution is -2.19. The van der Waals surface area contributed by atoms with Crippen LogP contribution in [0, 0.1) is 0 Å². The summed E-state index contributed by atoms with van der Waals surface area (Å²) >= 11 is 3.53. The number of hydrogen-bond acceptors (Lipinski definition) is 3. The fraction of sp³-hybridized carbons (Fsp3) is 0.333. The number of rotatable bonds is 1. The van der Waals surface area contributed by atoms with Gasteiger partial charge in [-0.05, 0) is 40.9 Å². The molecule has 0 amide bonds. The van der Waals surface area contributed by atoms with Crippen LogP contribution in [0.4, 0.5) is 5.82 Å². The molecule has 3 nitrogen and oxygen atoms in total. The molecule has 2 heterocycles. The van der Waals surface area contributed by atoms with Gasteiger partial charge in [0.2, 0.25) is 0 Å². The van der Waals surface area contributed by atoms with Gasteiger partial charge in [0.1, 0.15) is 12.1 Å². The van der Waals surface area contributed by atoms with Crippen molar-refractivity contribution >= 4 is 32.7 Å². The standard InChI is InChI=1S/C12H12BrN3/c13-10-5-3-4-9-11(10)14-8-15-12(9)16-6-1-2-7-16/h3-5,8H,1-2,6-7H2. The zero-order valence-corrected chi connectivity index (χ0v) is 10.4. The number of para-hydroxylation sites is 1. The summed E-state index contributed by atoms with van der Waals surface area (Å²) in [6.45, 7) is 2.22. The molecule has 1 fully saturated rings. The van der Waals surface area contributed by atoms with Crippen LogP contribution in [-0.2, 0) is 0 Å². The number of benzene rings is 1. The highest BCUT2D eigenvalue weighted by Gasteiger charge is 2.16. The van der Waals surface area contributed by atoms with E-state index in [-0.39, 0.29) is 0 Å². The highest BCUT2D eigenvalue weighted by Crippen LogP contribution is 2.29. The zero-order valence-electron chi connectivity index (χ0n) is 8.86. The minimum absolute atomic E-state index is 0.999. The fourth-order valence-electron chi connectivity index (χ4n) is 2.22. The molecular formula is C12H12BrN3. The normalized spacial score (nSPS) is 15.9. The fourth-order valence-corrected chi connectivity index (χ4v) is 2.69. The van der Waals surface area contributed by atoms with Crippen LogP contribution < -0.4 is 4.90 Å². The highest BCUT2D eigenvalue weighted by atomic mass is 79.9. The Balaban J connectivity index is 2.20. The first-order valence-electron chi connectivity index (χ1n) is 5.50. The van der Waals surface area contributed by atoms with E-state index in [0.717, 1.165) is 34.3 Å². The van der Waals surface area contributed by atoms with Gasteiger partial charge in [-0.15, -0.1) is 0 Å². The Labute approximate surface area is 103 Å². The lowest BCUT2D eigenvalue weighted by atomic mass is 10.2. The first kappa shape index (κ1) is 10.0. The molecule has 0 bridgehead atoms. The van der Waals surface area contributed by atoms with Gasteiger partial charge in [0.15, 0.2) is 0 Å². The van der Waals surface area contributed by atoms with E-state index >= 15 is 0 Å². The predicted octanol–water partition coefficient (Wildman–Crippen LogP) is 2.99. The van der Waals surface area contributed by atoms with Crippen LogP contribution >= 0.6 is 15.9 Å². The van der Waals surface area contributed by atoms with Gasteiger partial charge < -0.3 is 4.90 Å². The monoisotopic (exact) mass is 277 g/mol. The smallest absolute Gasteiger partial charge is 0.139 e. The van der Waals surface area contributed by atoms with Gasteiger partial charge in [-0.2, -0.15) is 0 Å². The molecule has 0 N–H and O–H groups in total. The molecule has 82 valence electrons. The van der Waals surface area contributed by atoms with Gasteiger partial charge in [0, 0.05) is 22.9 Å². The van der Waals surface area contributed by atoms with E-state index in [1.165, 1.54) is 12.8 Å². The van der Waals surface area contributed by atoms with Gasteiger partial charge in [-0.3, -0.25) is 0 Å². The van der Waals surface area contributed by atoms with Crippen LogP contribution in [0.2, 0.25) is 0 Å². The van der Waals surface area contributed by atoms with Crippen molar-refractivity contribution in [2.75, 3.05) is 18.0 Å². The molecule has 1 saturated heterocycles. The van der Waals surface area contributed by atoms with Gasteiger partial charge in [-0.25, -0.2) is 9.97 Å². The van der Waals surface area contributed by atoms with Crippen molar-refractivity contribution in [1.29, 1.82) is 0 Å². The Kier molecular flexibility index (Phi) is 2.52. The Bertz CT molecular complexity index is 521. The molecule has 3 rings (SSSR count). The van der Waals surface area contributed by atoms with E-state index in [9.17, 15) is 0 Å². The Morgan fingerprint density at radius 2 is 1.94 bits per heavy atom. The van der Waals surface area contributed by atoms with Crippen molar-refractivity contribution < 1.29 is 0 Å². The molecule has 0 unspecified atom stereocenters. The molecule has 0 atom stereocenters. The topological polar surface area (TPSA) is 29.0 Å². The summed E-state index contributed by atoms with van der Waals surface area (Å²) < 4.78 is 1.04. The van der Waals surface area contributed by atoms with E-state index in [0.29, 0.717) is 0 Å². The van der Waals surface area contributed by atoms with Gasteiger partial charge in [-0.1, -0.05) is 6.07 Å². The van der Waals surface area contributed by atoms with E-state index in [1.54, 1.807) is 6.33 Å². The van der Waals surface area contributed by atoms with Gasteiger partial charge >= 0.3 is 0 Å². The third-order valence-electron chi connectivity index (χ3n) is 3.00. The summed E-state index contributed by atoms with van der Waals surface area (Å²) in [6, 6.07) is 6.15. The quantitative estimate of drug-likeness (QED) is 0.803. The number of fused-ring (bicyclic) bond motifs is 1. The Morgan fingerprint density at radius 3 is 2.75 bits per heavy atom. The second kappa shape index (κ2) is 4.01. The molecule has 2 aromatic rings. The van der Waals surface area contributed by atoms with Gasteiger partial charge in [0.25, 0.3) is 0 Å². The molecule has 0 aliphatic carbocycles. The summed E-state index contributed by atoms with van der Waals surface area (Å²) in [5, 5.41) is 1.14.